The minimum Gasteiger partial charge on any atom is -0.493 e. The van der Waals surface area contributed by atoms with E-state index < -0.39 is 17.3 Å². The van der Waals surface area contributed by atoms with Crippen molar-refractivity contribution in [1.82, 2.24) is 19.4 Å². The van der Waals surface area contributed by atoms with Crippen LogP contribution in [-0.2, 0) is 17.5 Å². The molecule has 1 aliphatic heterocycles. The normalized spacial score (nSPS) is 15.1. The number of likely N-dealkylation sites (tertiary alicyclic amines) is 1. The van der Waals surface area contributed by atoms with Crippen molar-refractivity contribution >= 4 is 28.7 Å². The molecule has 7 nitrogen and oxygen atoms in total. The molecule has 3 heterocycles. The van der Waals surface area contributed by atoms with E-state index in [2.05, 4.69) is 9.97 Å². The van der Waals surface area contributed by atoms with Crippen molar-refractivity contribution in [3.05, 3.63) is 41.3 Å². The molecule has 1 fully saturated rings. The zero-order chi connectivity index (χ0) is 28.4. The summed E-state index contributed by atoms with van der Waals surface area (Å²) >= 11 is 6.15. The third kappa shape index (κ3) is 7.15. The minimum atomic E-state index is -4.62. The molecule has 1 aliphatic rings. The fraction of sp³-hybridized carbons (Fsp3) is 0.536. The molecule has 0 atom stereocenters. The first-order valence-corrected chi connectivity index (χ1v) is 13.6. The Hall–Kier alpha value is -3.01. The Morgan fingerprint density at radius 2 is 1.85 bits per heavy atom. The summed E-state index contributed by atoms with van der Waals surface area (Å²) in [6.45, 7) is 9.45. The molecule has 0 bridgehead atoms. The second-order valence-corrected chi connectivity index (χ2v) is 11.2. The van der Waals surface area contributed by atoms with Crippen molar-refractivity contribution in [2.75, 3.05) is 19.7 Å². The molecule has 0 spiro atoms. The number of halogens is 4. The number of hydrogen-bond acceptors (Lipinski definition) is 5. The summed E-state index contributed by atoms with van der Waals surface area (Å²) in [4.78, 5) is 22.5. The van der Waals surface area contributed by atoms with Crippen LogP contribution in [0.15, 0.2) is 30.5 Å². The lowest BCUT2D eigenvalue weighted by Crippen LogP contribution is -2.41. The van der Waals surface area contributed by atoms with Gasteiger partial charge in [0.15, 0.2) is 0 Å². The maximum Gasteiger partial charge on any atom is 0.419 e. The van der Waals surface area contributed by atoms with E-state index in [0.717, 1.165) is 25.3 Å². The summed E-state index contributed by atoms with van der Waals surface area (Å²) < 4.78 is 55.2. The maximum absolute atomic E-state index is 14.1. The van der Waals surface area contributed by atoms with Crippen molar-refractivity contribution < 1.29 is 27.4 Å². The average Bonchev–Trinajstić information content (AvgIpc) is 3.25. The number of ether oxygens (including phenoxy) is 2. The molecule has 0 aliphatic carbocycles. The Kier molecular flexibility index (Phi) is 8.63. The molecule has 1 saturated heterocycles. The van der Waals surface area contributed by atoms with Crippen LogP contribution in [0.5, 0.6) is 5.75 Å². The highest BCUT2D eigenvalue weighted by molar-refractivity contribution is 6.28. The molecule has 39 heavy (non-hydrogen) atoms. The predicted molar refractivity (Wildman–Crippen MR) is 144 cm³/mol. The van der Waals surface area contributed by atoms with Gasteiger partial charge in [0.1, 0.15) is 17.0 Å². The number of piperidine rings is 1. The smallest absolute Gasteiger partial charge is 0.419 e. The molecule has 2 aromatic heterocycles. The van der Waals surface area contributed by atoms with Gasteiger partial charge in [-0.25, -0.2) is 9.78 Å². The van der Waals surface area contributed by atoms with Crippen LogP contribution in [0.2, 0.25) is 5.28 Å². The van der Waals surface area contributed by atoms with Gasteiger partial charge in [0.05, 0.1) is 17.9 Å². The fourth-order valence-electron chi connectivity index (χ4n) is 4.77. The first kappa shape index (κ1) is 29.0. The van der Waals surface area contributed by atoms with Crippen molar-refractivity contribution in [1.29, 1.82) is 0 Å². The van der Waals surface area contributed by atoms with Gasteiger partial charge in [0.2, 0.25) is 5.28 Å². The van der Waals surface area contributed by atoms with Crippen LogP contribution in [0, 0.1) is 5.92 Å². The van der Waals surface area contributed by atoms with Crippen LogP contribution in [0.3, 0.4) is 0 Å². The standard InChI is InChI=1S/C28H34ClF3N4O3/c1-5-12-35-15-10-20-23(33-25(29)34-24(20)35)19-6-7-22(21(17-19)28(30,31)32)38-16-11-18-8-13-36(14-9-18)26(37)39-27(2,3)4/h6-7,10,15,17-18H,5,8-9,11-14,16H2,1-4H3. The quantitative estimate of drug-likeness (QED) is 0.275. The zero-order valence-corrected chi connectivity index (χ0v) is 23.4. The molecule has 1 amide bonds. The molecule has 4 rings (SSSR count). The fourth-order valence-corrected chi connectivity index (χ4v) is 4.94. The lowest BCUT2D eigenvalue weighted by molar-refractivity contribution is -0.138. The number of benzene rings is 1. The van der Waals surface area contributed by atoms with E-state index in [1.165, 1.54) is 6.07 Å². The molecule has 1 aromatic carbocycles. The molecule has 3 aromatic rings. The van der Waals surface area contributed by atoms with Gasteiger partial charge in [-0.1, -0.05) is 6.92 Å². The van der Waals surface area contributed by atoms with Crippen LogP contribution in [0.1, 0.15) is 58.9 Å². The summed E-state index contributed by atoms with van der Waals surface area (Å²) in [5, 5.41) is 0.604. The van der Waals surface area contributed by atoms with E-state index in [-0.39, 0.29) is 35.2 Å². The van der Waals surface area contributed by atoms with Gasteiger partial charge in [-0.2, -0.15) is 18.2 Å². The Morgan fingerprint density at radius 1 is 1.13 bits per heavy atom. The van der Waals surface area contributed by atoms with Gasteiger partial charge in [-0.15, -0.1) is 0 Å². The third-order valence-corrected chi connectivity index (χ3v) is 6.83. The molecular formula is C28H34ClF3N4O3. The number of rotatable bonds is 7. The summed E-state index contributed by atoms with van der Waals surface area (Å²) in [7, 11) is 0. The van der Waals surface area contributed by atoms with Crippen LogP contribution in [0.25, 0.3) is 22.3 Å². The molecule has 0 saturated carbocycles. The molecule has 11 heteroatoms. The summed E-state index contributed by atoms with van der Waals surface area (Å²) in [5.41, 5.74) is -0.213. The molecule has 212 valence electrons. The maximum atomic E-state index is 14.1. The van der Waals surface area contributed by atoms with Crippen LogP contribution in [0.4, 0.5) is 18.0 Å². The number of aromatic nitrogens is 3. The van der Waals surface area contributed by atoms with Gasteiger partial charge in [0, 0.05) is 36.8 Å². The molecule has 0 unspecified atom stereocenters. The number of nitrogens with zero attached hydrogens (tertiary/aromatic N) is 4. The highest BCUT2D eigenvalue weighted by atomic mass is 35.5. The monoisotopic (exact) mass is 566 g/mol. The number of aryl methyl sites for hydroxylation is 1. The first-order chi connectivity index (χ1) is 18.4. The van der Waals surface area contributed by atoms with E-state index in [1.54, 1.807) is 17.0 Å². The number of fused-ring (bicyclic) bond motifs is 1. The number of hydrogen-bond donors (Lipinski definition) is 0. The average molecular weight is 567 g/mol. The topological polar surface area (TPSA) is 69.5 Å². The molecule has 0 radical (unpaired) electrons. The van der Waals surface area contributed by atoms with Crippen LogP contribution >= 0.6 is 11.6 Å². The Bertz CT molecular complexity index is 1310. The lowest BCUT2D eigenvalue weighted by atomic mass is 9.94. The van der Waals surface area contributed by atoms with Crippen molar-refractivity contribution in [2.24, 2.45) is 5.92 Å². The van der Waals surface area contributed by atoms with E-state index >= 15 is 0 Å². The van der Waals surface area contributed by atoms with E-state index in [4.69, 9.17) is 21.1 Å². The lowest BCUT2D eigenvalue weighted by Gasteiger charge is -2.33. The first-order valence-electron chi connectivity index (χ1n) is 13.2. The third-order valence-electron chi connectivity index (χ3n) is 6.66. The second kappa shape index (κ2) is 11.6. The molecule has 0 N–H and O–H groups in total. The largest absolute Gasteiger partial charge is 0.493 e. The van der Waals surface area contributed by atoms with E-state index in [1.807, 2.05) is 38.5 Å². The minimum absolute atomic E-state index is 0.0276. The Labute approximate surface area is 231 Å². The van der Waals surface area contributed by atoms with Crippen molar-refractivity contribution in [2.45, 2.75) is 71.7 Å². The highest BCUT2D eigenvalue weighted by Gasteiger charge is 2.35. The van der Waals surface area contributed by atoms with Gasteiger partial charge in [-0.3, -0.25) is 0 Å². The van der Waals surface area contributed by atoms with Gasteiger partial charge in [-0.05, 0) is 88.2 Å². The van der Waals surface area contributed by atoms with Gasteiger partial charge in [0.25, 0.3) is 0 Å². The second-order valence-electron chi connectivity index (χ2n) is 10.8. The summed E-state index contributed by atoms with van der Waals surface area (Å²) in [6.07, 6.45) is -0.165. The van der Waals surface area contributed by atoms with Crippen LogP contribution < -0.4 is 4.74 Å². The van der Waals surface area contributed by atoms with Crippen molar-refractivity contribution in [3.63, 3.8) is 0 Å². The van der Waals surface area contributed by atoms with Gasteiger partial charge < -0.3 is 18.9 Å². The molecular weight excluding hydrogens is 533 g/mol. The number of alkyl halides is 3. The van der Waals surface area contributed by atoms with Gasteiger partial charge >= 0.3 is 12.3 Å². The zero-order valence-electron chi connectivity index (χ0n) is 22.6. The summed E-state index contributed by atoms with van der Waals surface area (Å²) in [5.74, 6) is 0.0262. The van der Waals surface area contributed by atoms with E-state index in [9.17, 15) is 18.0 Å². The summed E-state index contributed by atoms with van der Waals surface area (Å²) in [6, 6.07) is 5.76. The number of carbonyl (C=O) groups is 1. The van der Waals surface area contributed by atoms with Crippen molar-refractivity contribution in [3.8, 4) is 17.0 Å². The SMILES string of the molecule is CCCn1ccc2c(-c3ccc(OCCC4CCN(C(=O)OC(C)(C)C)CC4)c(C(F)(F)F)c3)nc(Cl)nc21. The predicted octanol–water partition coefficient (Wildman–Crippen LogP) is 7.60. The Morgan fingerprint density at radius 3 is 2.49 bits per heavy atom. The number of amides is 1. The highest BCUT2D eigenvalue weighted by Crippen LogP contribution is 2.40. The van der Waals surface area contributed by atoms with Crippen LogP contribution in [-0.4, -0.2) is 50.8 Å². The number of carbonyl (C=O) groups excluding carboxylic acids is 1. The van der Waals surface area contributed by atoms with E-state index in [0.29, 0.717) is 42.8 Å². The Balaban J connectivity index is 1.45.